The van der Waals surface area contributed by atoms with E-state index in [2.05, 4.69) is 45.0 Å². The molecular formula is C13H17Cl. The maximum absolute atomic E-state index is 5.64. The van der Waals surface area contributed by atoms with E-state index in [1.807, 2.05) is 0 Å². The minimum Gasteiger partial charge on any atom is -0.126 e. The van der Waals surface area contributed by atoms with Crippen LogP contribution in [0.15, 0.2) is 24.3 Å². The second-order valence-corrected chi connectivity index (χ2v) is 4.04. The van der Waals surface area contributed by atoms with Crippen molar-refractivity contribution in [3.05, 3.63) is 41.0 Å². The average Bonchev–Trinajstić information content (AvgIpc) is 2.18. The molecule has 0 saturated carbocycles. The molecule has 0 fully saturated rings. The Labute approximate surface area is 91.6 Å². The fourth-order valence-electron chi connectivity index (χ4n) is 1.38. The Hall–Kier alpha value is -0.750. The van der Waals surface area contributed by atoms with Gasteiger partial charge in [0.15, 0.2) is 0 Å². The Kier molecular flexibility index (Phi) is 4.21. The molecule has 0 spiro atoms. The summed E-state index contributed by atoms with van der Waals surface area (Å²) in [6.45, 7) is 6.42. The molecule has 0 aliphatic heterocycles. The lowest BCUT2D eigenvalue weighted by atomic mass is 10.0. The van der Waals surface area contributed by atoms with Crippen LogP contribution in [0.2, 0.25) is 0 Å². The van der Waals surface area contributed by atoms with Gasteiger partial charge < -0.3 is 0 Å². The van der Waals surface area contributed by atoms with Crippen LogP contribution < -0.4 is 0 Å². The molecule has 0 nitrogen and oxygen atoms in total. The van der Waals surface area contributed by atoms with Crippen molar-refractivity contribution in [1.29, 1.82) is 0 Å². The van der Waals surface area contributed by atoms with Crippen molar-refractivity contribution in [2.24, 2.45) is 0 Å². The molecule has 0 radical (unpaired) electrons. The molecule has 0 saturated heterocycles. The van der Waals surface area contributed by atoms with Crippen LogP contribution in [0, 0.1) is 13.8 Å². The molecule has 0 unspecified atom stereocenters. The fourth-order valence-corrected chi connectivity index (χ4v) is 1.48. The molecule has 0 atom stereocenters. The SMILES string of the molecule is CC(=CCCCl)c1ccc(C)c(C)c1. The summed E-state index contributed by atoms with van der Waals surface area (Å²) in [7, 11) is 0. The van der Waals surface area contributed by atoms with Crippen LogP contribution in [0.25, 0.3) is 5.57 Å². The summed E-state index contributed by atoms with van der Waals surface area (Å²) >= 11 is 5.64. The third kappa shape index (κ3) is 2.88. The monoisotopic (exact) mass is 208 g/mol. The van der Waals surface area contributed by atoms with E-state index in [1.165, 1.54) is 22.3 Å². The van der Waals surface area contributed by atoms with Crippen LogP contribution >= 0.6 is 11.6 Å². The second-order valence-electron chi connectivity index (χ2n) is 3.66. The molecule has 0 aliphatic rings. The standard InChI is InChI=1S/C13H17Cl/c1-10-6-7-13(9-12(10)3)11(2)5-4-8-14/h5-7,9H,4,8H2,1-3H3. The molecule has 76 valence electrons. The zero-order valence-corrected chi connectivity index (χ0v) is 9.86. The topological polar surface area (TPSA) is 0 Å². The predicted molar refractivity (Wildman–Crippen MR) is 64.9 cm³/mol. The van der Waals surface area contributed by atoms with Gasteiger partial charge in [0.1, 0.15) is 0 Å². The lowest BCUT2D eigenvalue weighted by Crippen LogP contribution is -1.85. The highest BCUT2D eigenvalue weighted by Gasteiger charge is 1.97. The normalized spacial score (nSPS) is 11.9. The number of hydrogen-bond donors (Lipinski definition) is 0. The first kappa shape index (κ1) is 11.3. The van der Waals surface area contributed by atoms with E-state index in [9.17, 15) is 0 Å². The van der Waals surface area contributed by atoms with Crippen molar-refractivity contribution in [3.63, 3.8) is 0 Å². The molecule has 0 N–H and O–H groups in total. The van der Waals surface area contributed by atoms with Crippen LogP contribution in [-0.2, 0) is 0 Å². The first-order valence-electron chi connectivity index (χ1n) is 4.95. The van der Waals surface area contributed by atoms with Crippen LogP contribution in [0.5, 0.6) is 0 Å². The highest BCUT2D eigenvalue weighted by atomic mass is 35.5. The average molecular weight is 209 g/mol. The zero-order valence-electron chi connectivity index (χ0n) is 9.10. The maximum Gasteiger partial charge on any atom is 0.0258 e. The lowest BCUT2D eigenvalue weighted by Gasteiger charge is -2.05. The van der Waals surface area contributed by atoms with Crippen molar-refractivity contribution >= 4 is 17.2 Å². The van der Waals surface area contributed by atoms with E-state index < -0.39 is 0 Å². The van der Waals surface area contributed by atoms with Crippen molar-refractivity contribution in [2.45, 2.75) is 27.2 Å². The van der Waals surface area contributed by atoms with Gasteiger partial charge in [-0.1, -0.05) is 24.3 Å². The van der Waals surface area contributed by atoms with Crippen LogP contribution in [0.1, 0.15) is 30.0 Å². The van der Waals surface area contributed by atoms with E-state index in [1.54, 1.807) is 0 Å². The number of benzene rings is 1. The van der Waals surface area contributed by atoms with Gasteiger partial charge in [-0.05, 0) is 49.5 Å². The summed E-state index contributed by atoms with van der Waals surface area (Å²) in [5.74, 6) is 0.697. The zero-order chi connectivity index (χ0) is 10.6. The van der Waals surface area contributed by atoms with Crippen LogP contribution in [0.3, 0.4) is 0 Å². The molecule has 0 amide bonds. The highest BCUT2D eigenvalue weighted by molar-refractivity contribution is 6.17. The van der Waals surface area contributed by atoms with Crippen molar-refractivity contribution < 1.29 is 0 Å². The highest BCUT2D eigenvalue weighted by Crippen LogP contribution is 2.18. The van der Waals surface area contributed by atoms with Gasteiger partial charge in [-0.2, -0.15) is 0 Å². The van der Waals surface area contributed by atoms with Gasteiger partial charge >= 0.3 is 0 Å². The number of hydrogen-bond acceptors (Lipinski definition) is 0. The molecular weight excluding hydrogens is 192 g/mol. The Balaban J connectivity index is 2.91. The summed E-state index contributed by atoms with van der Waals surface area (Å²) in [5, 5.41) is 0. The van der Waals surface area contributed by atoms with Gasteiger partial charge in [-0.25, -0.2) is 0 Å². The molecule has 1 heteroatoms. The van der Waals surface area contributed by atoms with Gasteiger partial charge in [0.25, 0.3) is 0 Å². The number of rotatable bonds is 3. The first-order valence-corrected chi connectivity index (χ1v) is 5.49. The van der Waals surface area contributed by atoms with E-state index in [-0.39, 0.29) is 0 Å². The molecule has 0 heterocycles. The van der Waals surface area contributed by atoms with E-state index in [4.69, 9.17) is 11.6 Å². The van der Waals surface area contributed by atoms with Crippen LogP contribution in [-0.4, -0.2) is 5.88 Å². The fraction of sp³-hybridized carbons (Fsp3) is 0.385. The first-order chi connectivity index (χ1) is 6.65. The summed E-state index contributed by atoms with van der Waals surface area (Å²) < 4.78 is 0. The molecule has 14 heavy (non-hydrogen) atoms. The number of alkyl halides is 1. The smallest absolute Gasteiger partial charge is 0.0258 e. The third-order valence-electron chi connectivity index (χ3n) is 2.52. The Bertz CT molecular complexity index is 337. The van der Waals surface area contributed by atoms with Crippen molar-refractivity contribution in [1.82, 2.24) is 0 Å². The van der Waals surface area contributed by atoms with Crippen molar-refractivity contribution in [2.75, 3.05) is 5.88 Å². The van der Waals surface area contributed by atoms with Gasteiger partial charge in [-0.3, -0.25) is 0 Å². The maximum atomic E-state index is 5.64. The number of allylic oxidation sites excluding steroid dienone is 2. The summed E-state index contributed by atoms with van der Waals surface area (Å²) in [5.41, 5.74) is 5.31. The largest absolute Gasteiger partial charge is 0.126 e. The molecule has 1 aromatic rings. The summed E-state index contributed by atoms with van der Waals surface area (Å²) in [6.07, 6.45) is 3.14. The second kappa shape index (κ2) is 5.21. The lowest BCUT2D eigenvalue weighted by molar-refractivity contribution is 1.23. The minimum atomic E-state index is 0.697. The molecule has 0 aromatic heterocycles. The van der Waals surface area contributed by atoms with Gasteiger partial charge in [0.05, 0.1) is 0 Å². The van der Waals surface area contributed by atoms with Crippen molar-refractivity contribution in [3.8, 4) is 0 Å². The quantitative estimate of drug-likeness (QED) is 0.649. The number of aryl methyl sites for hydroxylation is 2. The Morgan fingerprint density at radius 3 is 2.57 bits per heavy atom. The third-order valence-corrected chi connectivity index (χ3v) is 2.74. The molecule has 0 bridgehead atoms. The molecule has 1 rings (SSSR count). The number of halogens is 1. The summed E-state index contributed by atoms with van der Waals surface area (Å²) in [6, 6.07) is 6.57. The minimum absolute atomic E-state index is 0.697. The van der Waals surface area contributed by atoms with E-state index >= 15 is 0 Å². The van der Waals surface area contributed by atoms with Gasteiger partial charge in [0, 0.05) is 5.88 Å². The Morgan fingerprint density at radius 2 is 2.00 bits per heavy atom. The van der Waals surface area contributed by atoms with Gasteiger partial charge in [0.2, 0.25) is 0 Å². The van der Waals surface area contributed by atoms with Gasteiger partial charge in [-0.15, -0.1) is 11.6 Å². The van der Waals surface area contributed by atoms with E-state index in [0.29, 0.717) is 5.88 Å². The summed E-state index contributed by atoms with van der Waals surface area (Å²) in [4.78, 5) is 0. The predicted octanol–water partition coefficient (Wildman–Crippen LogP) is 4.34. The molecule has 0 aliphatic carbocycles. The Morgan fingerprint density at radius 1 is 1.29 bits per heavy atom. The van der Waals surface area contributed by atoms with Crippen LogP contribution in [0.4, 0.5) is 0 Å². The van der Waals surface area contributed by atoms with E-state index in [0.717, 1.165) is 6.42 Å². The molecule has 1 aromatic carbocycles.